The Kier molecular flexibility index (Phi) is 4.94. The molecule has 0 bridgehead atoms. The van der Waals surface area contributed by atoms with Crippen molar-refractivity contribution in [2.45, 2.75) is 46.0 Å². The van der Waals surface area contributed by atoms with Crippen LogP contribution in [0.4, 0.5) is 0 Å². The third kappa shape index (κ3) is 3.92. The van der Waals surface area contributed by atoms with Crippen LogP contribution in [0.1, 0.15) is 42.4 Å². The molecule has 1 aromatic rings. The summed E-state index contributed by atoms with van der Waals surface area (Å²) < 4.78 is 0. The number of hydrogen-bond donors (Lipinski definition) is 0. The number of amides is 1. The molecule has 0 aromatic heterocycles. The lowest BCUT2D eigenvalue weighted by atomic mass is 10.0. The highest BCUT2D eigenvalue weighted by Crippen LogP contribution is 2.13. The van der Waals surface area contributed by atoms with Crippen molar-refractivity contribution >= 4 is 11.7 Å². The number of nitrogens with zero attached hydrogens (tertiary/aromatic N) is 1. The van der Waals surface area contributed by atoms with E-state index in [-0.39, 0.29) is 11.7 Å². The molecule has 0 unspecified atom stereocenters. The summed E-state index contributed by atoms with van der Waals surface area (Å²) in [5.74, 6) is 0.477. The second-order valence-corrected chi connectivity index (χ2v) is 5.69. The molecule has 3 heteroatoms. The third-order valence-electron chi connectivity index (χ3n) is 4.10. The normalized spacial score (nSPS) is 15.5. The van der Waals surface area contributed by atoms with Crippen molar-refractivity contribution in [1.82, 2.24) is 4.90 Å². The van der Waals surface area contributed by atoms with Crippen LogP contribution in [0.15, 0.2) is 18.2 Å². The van der Waals surface area contributed by atoms with Gasteiger partial charge >= 0.3 is 0 Å². The van der Waals surface area contributed by atoms with Gasteiger partial charge in [-0.1, -0.05) is 18.2 Å². The van der Waals surface area contributed by atoms with Crippen LogP contribution in [0, 0.1) is 13.8 Å². The molecule has 108 valence electrons. The number of Topliss-reactive ketones (excluding diaryl/α,β-unsaturated/α-hetero) is 1. The van der Waals surface area contributed by atoms with Gasteiger partial charge in [0, 0.05) is 32.4 Å². The Morgan fingerprint density at radius 2 is 1.85 bits per heavy atom. The van der Waals surface area contributed by atoms with Crippen molar-refractivity contribution in [2.75, 3.05) is 13.1 Å². The highest BCUT2D eigenvalue weighted by atomic mass is 16.2. The maximum absolute atomic E-state index is 12.0. The minimum absolute atomic E-state index is 0.196. The Morgan fingerprint density at radius 1 is 1.15 bits per heavy atom. The van der Waals surface area contributed by atoms with Gasteiger partial charge in [0.15, 0.2) is 0 Å². The van der Waals surface area contributed by atoms with Gasteiger partial charge < -0.3 is 4.90 Å². The highest BCUT2D eigenvalue weighted by molar-refractivity contribution is 5.83. The summed E-state index contributed by atoms with van der Waals surface area (Å²) in [7, 11) is 0. The van der Waals surface area contributed by atoms with Gasteiger partial charge in [0.05, 0.1) is 0 Å². The summed E-state index contributed by atoms with van der Waals surface area (Å²) in [6, 6.07) is 6.49. The molecule has 2 rings (SSSR count). The van der Waals surface area contributed by atoms with E-state index in [1.807, 2.05) is 4.90 Å². The summed E-state index contributed by atoms with van der Waals surface area (Å²) in [6.07, 6.45) is 3.47. The van der Waals surface area contributed by atoms with E-state index in [0.717, 1.165) is 12.8 Å². The summed E-state index contributed by atoms with van der Waals surface area (Å²) in [4.78, 5) is 25.0. The zero-order chi connectivity index (χ0) is 14.5. The first-order valence-corrected chi connectivity index (χ1v) is 7.42. The molecule has 1 aliphatic rings. The van der Waals surface area contributed by atoms with E-state index in [1.165, 1.54) is 16.7 Å². The first kappa shape index (κ1) is 14.8. The Bertz CT molecular complexity index is 498. The number of carbonyl (C=O) groups is 2. The minimum Gasteiger partial charge on any atom is -0.342 e. The molecule has 0 spiro atoms. The molecule has 3 nitrogen and oxygen atoms in total. The van der Waals surface area contributed by atoms with Crippen molar-refractivity contribution in [2.24, 2.45) is 0 Å². The van der Waals surface area contributed by atoms with Gasteiger partial charge in [-0.3, -0.25) is 9.59 Å². The molecule has 0 radical (unpaired) electrons. The van der Waals surface area contributed by atoms with Crippen molar-refractivity contribution in [3.8, 4) is 0 Å². The number of aryl methyl sites for hydroxylation is 3. The molecular formula is C17H23NO2. The second-order valence-electron chi connectivity index (χ2n) is 5.69. The van der Waals surface area contributed by atoms with Gasteiger partial charge in [0.1, 0.15) is 5.78 Å². The van der Waals surface area contributed by atoms with Gasteiger partial charge in [-0.25, -0.2) is 0 Å². The van der Waals surface area contributed by atoms with Crippen molar-refractivity contribution in [3.05, 3.63) is 34.9 Å². The van der Waals surface area contributed by atoms with Crippen LogP contribution in [0.3, 0.4) is 0 Å². The second kappa shape index (κ2) is 6.69. The van der Waals surface area contributed by atoms with Crippen LogP contribution in [-0.4, -0.2) is 29.7 Å². The van der Waals surface area contributed by atoms with E-state index in [9.17, 15) is 9.59 Å². The van der Waals surface area contributed by atoms with Crippen molar-refractivity contribution in [1.29, 1.82) is 0 Å². The van der Waals surface area contributed by atoms with Gasteiger partial charge in [-0.15, -0.1) is 0 Å². The van der Waals surface area contributed by atoms with Crippen molar-refractivity contribution in [3.63, 3.8) is 0 Å². The molecule has 20 heavy (non-hydrogen) atoms. The number of benzene rings is 1. The molecule has 1 saturated heterocycles. The molecule has 0 N–H and O–H groups in total. The molecule has 1 aromatic carbocycles. The summed E-state index contributed by atoms with van der Waals surface area (Å²) in [5.41, 5.74) is 3.92. The lowest BCUT2D eigenvalue weighted by Gasteiger charge is -2.26. The minimum atomic E-state index is 0.196. The zero-order valence-corrected chi connectivity index (χ0v) is 12.4. The largest absolute Gasteiger partial charge is 0.342 e. The highest BCUT2D eigenvalue weighted by Gasteiger charge is 2.19. The fraction of sp³-hybridized carbons (Fsp3) is 0.529. The molecule has 0 aliphatic carbocycles. The van der Waals surface area contributed by atoms with Gasteiger partial charge in [0.25, 0.3) is 0 Å². The zero-order valence-electron chi connectivity index (χ0n) is 12.4. The van der Waals surface area contributed by atoms with Gasteiger partial charge in [-0.2, -0.15) is 0 Å². The van der Waals surface area contributed by atoms with Crippen LogP contribution in [0.2, 0.25) is 0 Å². The molecular weight excluding hydrogens is 250 g/mol. The quantitative estimate of drug-likeness (QED) is 0.846. The monoisotopic (exact) mass is 273 g/mol. The predicted molar refractivity (Wildman–Crippen MR) is 79.7 cm³/mol. The topological polar surface area (TPSA) is 37.4 Å². The lowest BCUT2D eigenvalue weighted by Crippen LogP contribution is -2.38. The first-order chi connectivity index (χ1) is 9.56. The maximum atomic E-state index is 12.0. The molecule has 1 heterocycles. The Labute approximate surface area is 121 Å². The number of hydrogen-bond acceptors (Lipinski definition) is 2. The van der Waals surface area contributed by atoms with Gasteiger partial charge in [0.2, 0.25) is 5.91 Å². The standard InChI is InChI=1S/C17H23NO2/c1-13-6-7-15(12-14(13)2)4-3-5-17(20)18-10-8-16(19)9-11-18/h6-7,12H,3-5,8-11H2,1-2H3. The number of rotatable bonds is 4. The Balaban J connectivity index is 1.76. The molecule has 1 aliphatic heterocycles. The average Bonchev–Trinajstić information content (AvgIpc) is 2.43. The predicted octanol–water partition coefficient (Wildman–Crippen LogP) is 2.82. The number of likely N-dealkylation sites (tertiary alicyclic amines) is 1. The first-order valence-electron chi connectivity index (χ1n) is 7.42. The van der Waals surface area contributed by atoms with Gasteiger partial charge in [-0.05, 0) is 43.4 Å². The third-order valence-corrected chi connectivity index (χ3v) is 4.10. The summed E-state index contributed by atoms with van der Waals surface area (Å²) >= 11 is 0. The number of ketones is 1. The van der Waals surface area contributed by atoms with E-state index < -0.39 is 0 Å². The molecule has 1 amide bonds. The Hall–Kier alpha value is -1.64. The smallest absolute Gasteiger partial charge is 0.222 e. The summed E-state index contributed by atoms with van der Waals surface area (Å²) in [6.45, 7) is 5.46. The van der Waals surface area contributed by atoms with E-state index in [1.54, 1.807) is 0 Å². The van der Waals surface area contributed by atoms with E-state index in [0.29, 0.717) is 32.4 Å². The van der Waals surface area contributed by atoms with Crippen LogP contribution in [-0.2, 0) is 16.0 Å². The van der Waals surface area contributed by atoms with Crippen LogP contribution in [0.5, 0.6) is 0 Å². The maximum Gasteiger partial charge on any atom is 0.222 e. The van der Waals surface area contributed by atoms with Crippen LogP contribution in [0.25, 0.3) is 0 Å². The number of carbonyl (C=O) groups excluding carboxylic acids is 2. The van der Waals surface area contributed by atoms with E-state index >= 15 is 0 Å². The van der Waals surface area contributed by atoms with E-state index in [2.05, 4.69) is 32.0 Å². The van der Waals surface area contributed by atoms with E-state index in [4.69, 9.17) is 0 Å². The lowest BCUT2D eigenvalue weighted by molar-refractivity contribution is -0.134. The van der Waals surface area contributed by atoms with Crippen LogP contribution >= 0.6 is 0 Å². The number of piperidine rings is 1. The average molecular weight is 273 g/mol. The fourth-order valence-corrected chi connectivity index (χ4v) is 2.57. The summed E-state index contributed by atoms with van der Waals surface area (Å²) in [5, 5.41) is 0. The Morgan fingerprint density at radius 3 is 2.50 bits per heavy atom. The van der Waals surface area contributed by atoms with Crippen LogP contribution < -0.4 is 0 Å². The molecule has 0 saturated carbocycles. The molecule has 0 atom stereocenters. The fourth-order valence-electron chi connectivity index (χ4n) is 2.57. The molecule has 1 fully saturated rings. The van der Waals surface area contributed by atoms with Crippen molar-refractivity contribution < 1.29 is 9.59 Å². The SMILES string of the molecule is Cc1ccc(CCCC(=O)N2CCC(=O)CC2)cc1C.